The summed E-state index contributed by atoms with van der Waals surface area (Å²) in [5.74, 6) is 0. The molecule has 1 saturated heterocycles. The van der Waals surface area contributed by atoms with Crippen molar-refractivity contribution in [1.82, 2.24) is 9.29 Å². The van der Waals surface area contributed by atoms with E-state index in [4.69, 9.17) is 11.6 Å². The fraction of sp³-hybridized carbons (Fsp3) is 0.500. The van der Waals surface area contributed by atoms with Crippen LogP contribution in [0.15, 0.2) is 22.0 Å². The number of rotatable bonds is 2. The quantitative estimate of drug-likeness (QED) is 0.813. The second-order valence-corrected chi connectivity index (χ2v) is 6.52. The predicted molar refractivity (Wildman–Crippen MR) is 66.1 cm³/mol. The molecule has 0 amide bonds. The molecule has 2 N–H and O–H groups in total. The Labute approximate surface area is 109 Å². The number of pyridine rings is 1. The molecule has 1 fully saturated rings. The van der Waals surface area contributed by atoms with E-state index in [1.807, 2.05) is 0 Å². The maximum atomic E-state index is 12.2. The third kappa shape index (κ3) is 2.59. The Balaban J connectivity index is 2.35. The minimum atomic E-state index is -3.72. The number of nitrogens with zero attached hydrogens (tertiary/aromatic N) is 1. The van der Waals surface area contributed by atoms with Gasteiger partial charge in [-0.15, -0.1) is 0 Å². The summed E-state index contributed by atoms with van der Waals surface area (Å²) in [7, 11) is -3.72. The Morgan fingerprint density at radius 2 is 2.22 bits per heavy atom. The van der Waals surface area contributed by atoms with Gasteiger partial charge in [-0.05, 0) is 18.9 Å². The molecule has 1 aliphatic rings. The van der Waals surface area contributed by atoms with E-state index < -0.39 is 21.7 Å². The molecular formula is C10H13ClN2O4S. The number of β-amino-alcohol motifs (C(OH)–C–C–N with tert-alkyl or cyclic N) is 1. The van der Waals surface area contributed by atoms with E-state index in [0.29, 0.717) is 19.4 Å². The second kappa shape index (κ2) is 5.00. The molecule has 0 radical (unpaired) electrons. The van der Waals surface area contributed by atoms with Crippen molar-refractivity contribution in [3.05, 3.63) is 27.6 Å². The van der Waals surface area contributed by atoms with Crippen LogP contribution in [0, 0.1) is 0 Å². The molecule has 2 heterocycles. The van der Waals surface area contributed by atoms with Gasteiger partial charge in [0, 0.05) is 19.3 Å². The number of hydrogen-bond donors (Lipinski definition) is 2. The van der Waals surface area contributed by atoms with E-state index in [1.54, 1.807) is 0 Å². The van der Waals surface area contributed by atoms with Crippen LogP contribution in [0.2, 0.25) is 5.02 Å². The molecule has 100 valence electrons. The van der Waals surface area contributed by atoms with E-state index in [9.17, 15) is 18.3 Å². The molecule has 1 atom stereocenters. The van der Waals surface area contributed by atoms with Crippen LogP contribution in [-0.4, -0.2) is 42.0 Å². The first-order valence-corrected chi connectivity index (χ1v) is 7.29. The van der Waals surface area contributed by atoms with Gasteiger partial charge in [-0.25, -0.2) is 8.42 Å². The molecule has 0 spiro atoms. The Morgan fingerprint density at radius 3 is 2.83 bits per heavy atom. The van der Waals surface area contributed by atoms with E-state index in [0.717, 1.165) is 12.3 Å². The highest BCUT2D eigenvalue weighted by molar-refractivity contribution is 7.89. The summed E-state index contributed by atoms with van der Waals surface area (Å²) in [6.07, 6.45) is 1.67. The van der Waals surface area contributed by atoms with Gasteiger partial charge >= 0.3 is 0 Å². The normalized spacial score (nSPS) is 22.0. The van der Waals surface area contributed by atoms with Gasteiger partial charge in [0.2, 0.25) is 10.0 Å². The molecule has 2 rings (SSSR count). The molecule has 1 aliphatic heterocycles. The van der Waals surface area contributed by atoms with Crippen molar-refractivity contribution < 1.29 is 13.5 Å². The largest absolute Gasteiger partial charge is 0.392 e. The molecule has 18 heavy (non-hydrogen) atoms. The molecule has 0 unspecified atom stereocenters. The average Bonchev–Trinajstić information content (AvgIpc) is 2.32. The lowest BCUT2D eigenvalue weighted by molar-refractivity contribution is 0.108. The first-order valence-electron chi connectivity index (χ1n) is 5.47. The van der Waals surface area contributed by atoms with Crippen molar-refractivity contribution in [1.29, 1.82) is 0 Å². The van der Waals surface area contributed by atoms with Crippen LogP contribution in [0.4, 0.5) is 0 Å². The minimum absolute atomic E-state index is 0.0683. The molecule has 0 saturated carbocycles. The third-order valence-electron chi connectivity index (χ3n) is 2.83. The summed E-state index contributed by atoms with van der Waals surface area (Å²) in [5, 5.41) is 9.33. The van der Waals surface area contributed by atoms with Crippen molar-refractivity contribution in [2.75, 3.05) is 13.1 Å². The number of hydrogen-bond acceptors (Lipinski definition) is 4. The van der Waals surface area contributed by atoms with Crippen molar-refractivity contribution >= 4 is 21.6 Å². The molecule has 0 aromatic carbocycles. The lowest BCUT2D eigenvalue weighted by Crippen LogP contribution is -2.42. The van der Waals surface area contributed by atoms with Gasteiger partial charge in [-0.3, -0.25) is 4.79 Å². The van der Waals surface area contributed by atoms with Crippen LogP contribution < -0.4 is 5.56 Å². The van der Waals surface area contributed by atoms with E-state index in [1.165, 1.54) is 4.31 Å². The second-order valence-electron chi connectivity index (χ2n) is 4.17. The zero-order chi connectivity index (χ0) is 13.3. The fourth-order valence-electron chi connectivity index (χ4n) is 1.87. The molecule has 0 bridgehead atoms. The van der Waals surface area contributed by atoms with Crippen LogP contribution in [0.5, 0.6) is 0 Å². The van der Waals surface area contributed by atoms with Crippen molar-refractivity contribution in [2.45, 2.75) is 23.8 Å². The number of H-pyrrole nitrogens is 1. The van der Waals surface area contributed by atoms with Gasteiger partial charge in [0.05, 0.1) is 11.0 Å². The monoisotopic (exact) mass is 292 g/mol. The molecular weight excluding hydrogens is 280 g/mol. The van der Waals surface area contributed by atoms with Gasteiger partial charge < -0.3 is 10.1 Å². The summed E-state index contributed by atoms with van der Waals surface area (Å²) in [4.78, 5) is 13.3. The smallest absolute Gasteiger partial charge is 0.266 e. The maximum absolute atomic E-state index is 12.2. The molecule has 1 aromatic heterocycles. The Hall–Kier alpha value is -0.890. The van der Waals surface area contributed by atoms with E-state index in [2.05, 4.69) is 4.98 Å². The Bertz CT molecular complexity index is 598. The number of aliphatic hydroxyl groups is 1. The summed E-state index contributed by atoms with van der Waals surface area (Å²) < 4.78 is 25.7. The molecule has 6 nitrogen and oxygen atoms in total. The third-order valence-corrected chi connectivity index (χ3v) is 4.95. The lowest BCUT2D eigenvalue weighted by Gasteiger charge is -2.29. The minimum Gasteiger partial charge on any atom is -0.392 e. The average molecular weight is 293 g/mol. The highest BCUT2D eigenvalue weighted by Crippen LogP contribution is 2.20. The zero-order valence-electron chi connectivity index (χ0n) is 9.47. The van der Waals surface area contributed by atoms with Crippen molar-refractivity contribution in [3.8, 4) is 0 Å². The van der Waals surface area contributed by atoms with E-state index in [-0.39, 0.29) is 16.5 Å². The number of nitrogens with one attached hydrogen (secondary N) is 1. The summed E-state index contributed by atoms with van der Waals surface area (Å²) in [6.45, 7) is 0.426. The molecule has 8 heteroatoms. The standard InChI is InChI=1S/C10H13ClN2O4S/c11-9-4-8(5-12-10(9)15)18(16,17)13-3-1-2-7(14)6-13/h4-5,7,14H,1-3,6H2,(H,12,15)/t7-/m0/s1. The van der Waals surface area contributed by atoms with Gasteiger partial charge in [-0.1, -0.05) is 11.6 Å². The Morgan fingerprint density at radius 1 is 1.50 bits per heavy atom. The van der Waals surface area contributed by atoms with Crippen LogP contribution in [0.25, 0.3) is 0 Å². The number of aromatic amines is 1. The first-order chi connectivity index (χ1) is 8.41. The number of piperidine rings is 1. The summed E-state index contributed by atoms with van der Waals surface area (Å²) in [6, 6.07) is 1.12. The number of sulfonamides is 1. The van der Waals surface area contributed by atoms with Crippen LogP contribution in [0.1, 0.15) is 12.8 Å². The van der Waals surface area contributed by atoms with Crippen molar-refractivity contribution in [3.63, 3.8) is 0 Å². The van der Waals surface area contributed by atoms with Crippen LogP contribution in [-0.2, 0) is 10.0 Å². The predicted octanol–water partition coefficient (Wildman–Crippen LogP) is 0.174. The van der Waals surface area contributed by atoms with E-state index >= 15 is 0 Å². The van der Waals surface area contributed by atoms with Gasteiger partial charge in [0.25, 0.3) is 5.56 Å². The number of aromatic nitrogens is 1. The molecule has 1 aromatic rings. The fourth-order valence-corrected chi connectivity index (χ4v) is 3.62. The topological polar surface area (TPSA) is 90.5 Å². The number of halogens is 1. The first kappa shape index (κ1) is 13.5. The van der Waals surface area contributed by atoms with Crippen molar-refractivity contribution in [2.24, 2.45) is 0 Å². The summed E-state index contributed by atoms with van der Waals surface area (Å²) in [5.41, 5.74) is -0.533. The highest BCUT2D eigenvalue weighted by atomic mass is 35.5. The van der Waals surface area contributed by atoms with Gasteiger partial charge in [-0.2, -0.15) is 4.31 Å². The number of aliphatic hydroxyl groups excluding tert-OH is 1. The summed E-state index contributed by atoms with van der Waals surface area (Å²) >= 11 is 5.61. The molecule has 0 aliphatic carbocycles. The maximum Gasteiger partial charge on any atom is 0.266 e. The van der Waals surface area contributed by atoms with Gasteiger partial charge in [0.1, 0.15) is 5.02 Å². The lowest BCUT2D eigenvalue weighted by atomic mass is 10.1. The zero-order valence-corrected chi connectivity index (χ0v) is 11.0. The Kier molecular flexibility index (Phi) is 3.76. The van der Waals surface area contributed by atoms with Gasteiger partial charge in [0.15, 0.2) is 0 Å². The SMILES string of the molecule is O=c1[nH]cc(S(=O)(=O)N2CCC[C@H](O)C2)cc1Cl. The van der Waals surface area contributed by atoms with Crippen LogP contribution in [0.3, 0.4) is 0 Å². The highest BCUT2D eigenvalue weighted by Gasteiger charge is 2.29. The van der Waals surface area contributed by atoms with Crippen LogP contribution >= 0.6 is 11.6 Å².